The van der Waals surface area contributed by atoms with E-state index in [4.69, 9.17) is 0 Å². The van der Waals surface area contributed by atoms with E-state index in [1.807, 2.05) is 18.5 Å². The number of hydrogen-bond acceptors (Lipinski definition) is 1. The van der Waals surface area contributed by atoms with Crippen LogP contribution in [0.1, 0.15) is 26.3 Å². The minimum absolute atomic E-state index is 0.0716. The van der Waals surface area contributed by atoms with Gasteiger partial charge in [-0.3, -0.25) is 4.98 Å². The molecule has 0 radical (unpaired) electrons. The summed E-state index contributed by atoms with van der Waals surface area (Å²) < 4.78 is 0. The molecule has 1 nitrogen and oxygen atoms in total. The van der Waals surface area contributed by atoms with Crippen LogP contribution >= 0.6 is 0 Å². The Balaban J connectivity index is 1.49. The van der Waals surface area contributed by atoms with Crippen LogP contribution in [0.25, 0.3) is 76.8 Å². The summed E-state index contributed by atoms with van der Waals surface area (Å²) in [5.41, 5.74) is 11.1. The second kappa shape index (κ2) is 10.2. The maximum Gasteiger partial charge on any atom is 0.0346 e. The molecule has 1 heterocycles. The lowest BCUT2D eigenvalue weighted by Crippen LogP contribution is -2.10. The first-order chi connectivity index (χ1) is 21.4. The van der Waals surface area contributed by atoms with Crippen LogP contribution in [-0.4, -0.2) is 4.98 Å². The molecule has 0 aliphatic rings. The third-order valence-corrected chi connectivity index (χ3v) is 9.01. The van der Waals surface area contributed by atoms with E-state index in [9.17, 15) is 0 Å². The minimum Gasteiger partial charge on any atom is -0.264 e. The molecule has 1 heteroatoms. The van der Waals surface area contributed by atoms with E-state index in [1.165, 1.54) is 76.8 Å². The van der Waals surface area contributed by atoms with Gasteiger partial charge < -0.3 is 0 Å². The van der Waals surface area contributed by atoms with Gasteiger partial charge in [0, 0.05) is 18.0 Å². The number of benzene rings is 7. The summed E-state index contributed by atoms with van der Waals surface area (Å²) in [6, 6.07) is 49.1. The lowest BCUT2D eigenvalue weighted by Gasteiger charge is -2.23. The molecule has 44 heavy (non-hydrogen) atoms. The number of hydrogen-bond donors (Lipinski definition) is 0. The molecule has 8 rings (SSSR count). The zero-order valence-corrected chi connectivity index (χ0v) is 25.3. The van der Waals surface area contributed by atoms with Crippen molar-refractivity contribution in [2.24, 2.45) is 0 Å². The summed E-state index contributed by atoms with van der Waals surface area (Å²) in [6.07, 6.45) is 3.84. The van der Waals surface area contributed by atoms with Crippen molar-refractivity contribution in [3.8, 4) is 44.5 Å². The van der Waals surface area contributed by atoms with Crippen molar-refractivity contribution in [2.45, 2.75) is 26.2 Å². The summed E-state index contributed by atoms with van der Waals surface area (Å²) in [5, 5.41) is 7.79. The van der Waals surface area contributed by atoms with Gasteiger partial charge in [0.15, 0.2) is 0 Å². The van der Waals surface area contributed by atoms with E-state index in [0.717, 1.165) is 5.56 Å². The topological polar surface area (TPSA) is 12.9 Å². The standard InChI is InChI=1S/C43H33N/c1-43(2,3)36-24-30-16-18-37-39(32-15-10-20-44-27-32)26-40(38-19-17-31(25-36)41(30)42(37)38)35-22-33(28-11-6-4-7-12-28)21-34(23-35)29-13-8-5-9-14-29/h4-27H,1-3H3. The Bertz CT molecular complexity index is 2200. The van der Waals surface area contributed by atoms with Crippen LogP contribution in [0.3, 0.4) is 0 Å². The zero-order chi connectivity index (χ0) is 29.8. The highest BCUT2D eigenvalue weighted by molar-refractivity contribution is 6.28. The average molecular weight is 564 g/mol. The number of pyridine rings is 1. The number of aromatic nitrogens is 1. The molecule has 0 amide bonds. The van der Waals surface area contributed by atoms with E-state index < -0.39 is 0 Å². The Morgan fingerprint density at radius 2 is 0.955 bits per heavy atom. The van der Waals surface area contributed by atoms with Gasteiger partial charge in [-0.05, 0) is 113 Å². The molecule has 0 aliphatic heterocycles. The van der Waals surface area contributed by atoms with Crippen LogP contribution in [-0.2, 0) is 5.41 Å². The van der Waals surface area contributed by atoms with E-state index in [-0.39, 0.29) is 5.41 Å². The van der Waals surface area contributed by atoms with Crippen molar-refractivity contribution in [3.63, 3.8) is 0 Å². The Morgan fingerprint density at radius 3 is 1.48 bits per heavy atom. The van der Waals surface area contributed by atoms with Gasteiger partial charge in [-0.25, -0.2) is 0 Å². The molecular formula is C43H33N. The highest BCUT2D eigenvalue weighted by Crippen LogP contribution is 2.46. The van der Waals surface area contributed by atoms with Crippen molar-refractivity contribution in [1.29, 1.82) is 0 Å². The van der Waals surface area contributed by atoms with Crippen LogP contribution in [0.4, 0.5) is 0 Å². The van der Waals surface area contributed by atoms with Crippen molar-refractivity contribution in [3.05, 3.63) is 151 Å². The molecule has 0 aliphatic carbocycles. The molecule has 0 saturated heterocycles. The molecule has 0 atom stereocenters. The first kappa shape index (κ1) is 26.4. The smallest absolute Gasteiger partial charge is 0.0346 e. The normalized spacial score (nSPS) is 12.0. The molecule has 0 bridgehead atoms. The number of nitrogens with zero attached hydrogens (tertiary/aromatic N) is 1. The second-order valence-electron chi connectivity index (χ2n) is 12.9. The fraction of sp³-hybridized carbons (Fsp3) is 0.0930. The van der Waals surface area contributed by atoms with Crippen molar-refractivity contribution >= 4 is 32.3 Å². The zero-order valence-electron chi connectivity index (χ0n) is 25.3. The molecule has 0 N–H and O–H groups in total. The Morgan fingerprint density at radius 1 is 0.432 bits per heavy atom. The maximum atomic E-state index is 4.52. The highest BCUT2D eigenvalue weighted by Gasteiger charge is 2.20. The molecule has 8 aromatic rings. The molecule has 0 unspecified atom stereocenters. The van der Waals surface area contributed by atoms with Crippen LogP contribution in [0.2, 0.25) is 0 Å². The van der Waals surface area contributed by atoms with Gasteiger partial charge in [-0.1, -0.05) is 124 Å². The quantitative estimate of drug-likeness (QED) is 0.194. The average Bonchev–Trinajstić information content (AvgIpc) is 3.07. The van der Waals surface area contributed by atoms with Crippen LogP contribution in [0, 0.1) is 0 Å². The summed E-state index contributed by atoms with van der Waals surface area (Å²) >= 11 is 0. The second-order valence-corrected chi connectivity index (χ2v) is 12.9. The van der Waals surface area contributed by atoms with Gasteiger partial charge in [0.05, 0.1) is 0 Å². The lowest BCUT2D eigenvalue weighted by atomic mass is 9.81. The third kappa shape index (κ3) is 4.44. The molecule has 0 fully saturated rings. The number of rotatable bonds is 4. The molecule has 0 saturated carbocycles. The van der Waals surface area contributed by atoms with Crippen molar-refractivity contribution in [1.82, 2.24) is 4.98 Å². The van der Waals surface area contributed by atoms with E-state index >= 15 is 0 Å². The van der Waals surface area contributed by atoms with Crippen LogP contribution < -0.4 is 0 Å². The van der Waals surface area contributed by atoms with Crippen LogP contribution in [0.15, 0.2) is 146 Å². The summed E-state index contributed by atoms with van der Waals surface area (Å²) in [5.74, 6) is 0. The maximum absolute atomic E-state index is 4.52. The molecule has 0 spiro atoms. The van der Waals surface area contributed by atoms with Gasteiger partial charge in [0.1, 0.15) is 0 Å². The first-order valence-corrected chi connectivity index (χ1v) is 15.4. The van der Waals surface area contributed by atoms with E-state index in [0.29, 0.717) is 0 Å². The van der Waals surface area contributed by atoms with Crippen LogP contribution in [0.5, 0.6) is 0 Å². The fourth-order valence-corrected chi connectivity index (χ4v) is 6.73. The SMILES string of the molecule is CC(C)(C)c1cc2ccc3c(-c4cccnc4)cc(-c4cc(-c5ccccc5)cc(-c5ccccc5)c4)c4ccc(c1)c2c34. The Kier molecular flexibility index (Phi) is 6.10. The van der Waals surface area contributed by atoms with Gasteiger partial charge in [0.2, 0.25) is 0 Å². The van der Waals surface area contributed by atoms with Crippen molar-refractivity contribution < 1.29 is 0 Å². The molecule has 7 aromatic carbocycles. The van der Waals surface area contributed by atoms with Gasteiger partial charge in [0.25, 0.3) is 0 Å². The predicted molar refractivity (Wildman–Crippen MR) is 188 cm³/mol. The first-order valence-electron chi connectivity index (χ1n) is 15.4. The molecule has 210 valence electrons. The fourth-order valence-electron chi connectivity index (χ4n) is 6.73. The summed E-state index contributed by atoms with van der Waals surface area (Å²) in [7, 11) is 0. The summed E-state index contributed by atoms with van der Waals surface area (Å²) in [4.78, 5) is 4.52. The minimum atomic E-state index is 0.0716. The summed E-state index contributed by atoms with van der Waals surface area (Å²) in [6.45, 7) is 6.88. The van der Waals surface area contributed by atoms with Gasteiger partial charge >= 0.3 is 0 Å². The molecular weight excluding hydrogens is 530 g/mol. The Labute approximate surface area is 258 Å². The Hall–Kier alpha value is -5.27. The van der Waals surface area contributed by atoms with E-state index in [2.05, 4.69) is 153 Å². The van der Waals surface area contributed by atoms with E-state index in [1.54, 1.807) is 0 Å². The van der Waals surface area contributed by atoms with Gasteiger partial charge in [-0.15, -0.1) is 0 Å². The van der Waals surface area contributed by atoms with Crippen molar-refractivity contribution in [2.75, 3.05) is 0 Å². The van der Waals surface area contributed by atoms with Gasteiger partial charge in [-0.2, -0.15) is 0 Å². The largest absolute Gasteiger partial charge is 0.264 e. The monoisotopic (exact) mass is 563 g/mol. The third-order valence-electron chi connectivity index (χ3n) is 9.01. The molecule has 1 aromatic heterocycles. The lowest BCUT2D eigenvalue weighted by molar-refractivity contribution is 0.591. The predicted octanol–water partition coefficient (Wildman–Crippen LogP) is 11.9. The highest BCUT2D eigenvalue weighted by atomic mass is 14.6.